The largest absolute Gasteiger partial charge is 0.463 e. The molecule has 0 saturated carbocycles. The van der Waals surface area contributed by atoms with Crippen molar-refractivity contribution in [3.63, 3.8) is 0 Å². The van der Waals surface area contributed by atoms with Gasteiger partial charge >= 0.3 is 11.9 Å². The molecule has 1 aromatic heterocycles. The number of rotatable bonds is 3. The molecule has 6 nitrogen and oxygen atoms in total. The fourth-order valence-corrected chi connectivity index (χ4v) is 2.25. The highest BCUT2D eigenvalue weighted by atomic mass is 16.6. The second kappa shape index (κ2) is 4.87. The van der Waals surface area contributed by atoms with Crippen molar-refractivity contribution in [2.75, 3.05) is 6.61 Å². The SMILES string of the molecule is CC(=O)c1c(C)[nH]c(C(=O)O[C@@H]2CCOC2=O)c1C. The van der Waals surface area contributed by atoms with Gasteiger partial charge in [0.1, 0.15) is 5.69 Å². The van der Waals surface area contributed by atoms with E-state index in [0.29, 0.717) is 23.2 Å². The van der Waals surface area contributed by atoms with Crippen LogP contribution in [0.1, 0.15) is 45.4 Å². The molecule has 1 fully saturated rings. The molecule has 1 aliphatic heterocycles. The highest BCUT2D eigenvalue weighted by Crippen LogP contribution is 2.21. The average molecular weight is 265 g/mol. The lowest BCUT2D eigenvalue weighted by atomic mass is 10.1. The van der Waals surface area contributed by atoms with Gasteiger partial charge in [-0.05, 0) is 26.3 Å². The molecule has 0 amide bonds. The van der Waals surface area contributed by atoms with Crippen LogP contribution in [0.25, 0.3) is 0 Å². The predicted molar refractivity (Wildman–Crippen MR) is 65.1 cm³/mol. The number of hydrogen-bond acceptors (Lipinski definition) is 5. The Bertz CT molecular complexity index is 558. The lowest BCUT2D eigenvalue weighted by Crippen LogP contribution is -2.23. The van der Waals surface area contributed by atoms with Crippen LogP contribution in [0, 0.1) is 13.8 Å². The Kier molecular flexibility index (Phi) is 3.42. The van der Waals surface area contributed by atoms with E-state index in [2.05, 4.69) is 4.98 Å². The molecule has 1 N–H and O–H groups in total. The second-order valence-corrected chi connectivity index (χ2v) is 4.53. The first kappa shape index (κ1) is 13.3. The van der Waals surface area contributed by atoms with Gasteiger partial charge in [-0.15, -0.1) is 0 Å². The topological polar surface area (TPSA) is 85.5 Å². The third-order valence-electron chi connectivity index (χ3n) is 3.13. The molecule has 1 aromatic rings. The van der Waals surface area contributed by atoms with Crippen LogP contribution in [0.4, 0.5) is 0 Å². The van der Waals surface area contributed by atoms with Crippen molar-refractivity contribution in [2.45, 2.75) is 33.3 Å². The highest BCUT2D eigenvalue weighted by Gasteiger charge is 2.32. The van der Waals surface area contributed by atoms with Gasteiger partial charge in [-0.1, -0.05) is 0 Å². The molecule has 2 rings (SSSR count). The molecular formula is C13H15NO5. The van der Waals surface area contributed by atoms with Gasteiger partial charge in [-0.2, -0.15) is 0 Å². The summed E-state index contributed by atoms with van der Waals surface area (Å²) in [7, 11) is 0. The van der Waals surface area contributed by atoms with Gasteiger partial charge in [0.15, 0.2) is 5.78 Å². The van der Waals surface area contributed by atoms with Crippen LogP contribution < -0.4 is 0 Å². The highest BCUT2D eigenvalue weighted by molar-refractivity contribution is 6.01. The molecule has 0 spiro atoms. The Morgan fingerprint density at radius 3 is 2.53 bits per heavy atom. The van der Waals surface area contributed by atoms with E-state index in [-0.39, 0.29) is 18.1 Å². The van der Waals surface area contributed by atoms with Gasteiger partial charge in [0, 0.05) is 17.7 Å². The van der Waals surface area contributed by atoms with E-state index in [1.807, 2.05) is 0 Å². The van der Waals surface area contributed by atoms with Crippen LogP contribution in [-0.2, 0) is 14.3 Å². The smallest absolute Gasteiger partial charge is 0.355 e. The van der Waals surface area contributed by atoms with Crippen molar-refractivity contribution in [3.05, 3.63) is 22.5 Å². The predicted octanol–water partition coefficient (Wildman–Crippen LogP) is 1.31. The molecule has 1 atom stereocenters. The Morgan fingerprint density at radius 1 is 1.37 bits per heavy atom. The number of ketones is 1. The Balaban J connectivity index is 2.22. The average Bonchev–Trinajstić information content (AvgIpc) is 2.83. The van der Waals surface area contributed by atoms with Crippen LogP contribution >= 0.6 is 0 Å². The number of ether oxygens (including phenoxy) is 2. The molecule has 2 heterocycles. The summed E-state index contributed by atoms with van der Waals surface area (Å²) in [6.07, 6.45) is -0.487. The molecule has 0 aromatic carbocycles. The van der Waals surface area contributed by atoms with Crippen molar-refractivity contribution in [2.24, 2.45) is 0 Å². The fraction of sp³-hybridized carbons (Fsp3) is 0.462. The van der Waals surface area contributed by atoms with Gasteiger partial charge in [0.25, 0.3) is 0 Å². The molecular weight excluding hydrogens is 250 g/mol. The lowest BCUT2D eigenvalue weighted by molar-refractivity contribution is -0.145. The van der Waals surface area contributed by atoms with Gasteiger partial charge in [-0.25, -0.2) is 9.59 Å². The third-order valence-corrected chi connectivity index (χ3v) is 3.13. The summed E-state index contributed by atoms with van der Waals surface area (Å²) in [5, 5.41) is 0. The molecule has 0 aliphatic carbocycles. The number of carbonyl (C=O) groups excluding carboxylic acids is 3. The van der Waals surface area contributed by atoms with Crippen molar-refractivity contribution in [1.82, 2.24) is 4.98 Å². The quantitative estimate of drug-likeness (QED) is 0.657. The minimum Gasteiger partial charge on any atom is -0.463 e. The molecule has 0 unspecified atom stereocenters. The minimum absolute atomic E-state index is 0.120. The number of H-pyrrole nitrogens is 1. The van der Waals surface area contributed by atoms with Crippen molar-refractivity contribution in [3.8, 4) is 0 Å². The van der Waals surface area contributed by atoms with E-state index >= 15 is 0 Å². The summed E-state index contributed by atoms with van der Waals surface area (Å²) in [5.41, 5.74) is 1.86. The number of aromatic nitrogens is 1. The number of aromatic amines is 1. The molecule has 0 bridgehead atoms. The van der Waals surface area contributed by atoms with Gasteiger partial charge in [0.2, 0.25) is 6.10 Å². The fourth-order valence-electron chi connectivity index (χ4n) is 2.25. The van der Waals surface area contributed by atoms with Gasteiger partial charge < -0.3 is 14.5 Å². The first-order valence-corrected chi connectivity index (χ1v) is 5.99. The van der Waals surface area contributed by atoms with Crippen molar-refractivity contribution >= 4 is 17.7 Å². The maximum Gasteiger partial charge on any atom is 0.355 e. The van der Waals surface area contributed by atoms with Gasteiger partial charge in [0.05, 0.1) is 6.61 Å². The Hall–Kier alpha value is -2.11. The van der Waals surface area contributed by atoms with E-state index in [4.69, 9.17) is 9.47 Å². The van der Waals surface area contributed by atoms with Crippen LogP contribution in [0.3, 0.4) is 0 Å². The molecule has 19 heavy (non-hydrogen) atoms. The lowest BCUT2D eigenvalue weighted by Gasteiger charge is -2.07. The summed E-state index contributed by atoms with van der Waals surface area (Å²) >= 11 is 0. The maximum absolute atomic E-state index is 12.0. The van der Waals surface area contributed by atoms with E-state index in [1.54, 1.807) is 13.8 Å². The molecule has 1 aliphatic rings. The zero-order valence-electron chi connectivity index (χ0n) is 11.0. The molecule has 6 heteroatoms. The first-order chi connectivity index (χ1) is 8.91. The van der Waals surface area contributed by atoms with E-state index in [1.165, 1.54) is 6.92 Å². The van der Waals surface area contributed by atoms with Crippen LogP contribution in [0.5, 0.6) is 0 Å². The maximum atomic E-state index is 12.0. The Labute approximate surface area is 110 Å². The molecule has 1 saturated heterocycles. The number of cyclic esters (lactones) is 1. The molecule has 0 radical (unpaired) electrons. The summed E-state index contributed by atoms with van der Waals surface area (Å²) in [5.74, 6) is -1.29. The summed E-state index contributed by atoms with van der Waals surface area (Å²) < 4.78 is 9.80. The van der Waals surface area contributed by atoms with Gasteiger partial charge in [-0.3, -0.25) is 4.79 Å². The van der Waals surface area contributed by atoms with E-state index in [0.717, 1.165) is 0 Å². The summed E-state index contributed by atoms with van der Waals surface area (Å²) in [4.78, 5) is 37.5. The van der Waals surface area contributed by atoms with E-state index in [9.17, 15) is 14.4 Å². The first-order valence-electron chi connectivity index (χ1n) is 5.99. The molecule has 102 valence electrons. The van der Waals surface area contributed by atoms with Crippen LogP contribution in [-0.4, -0.2) is 35.4 Å². The number of Topliss-reactive ketones (excluding diaryl/α,β-unsaturated/α-hetero) is 1. The standard InChI is InChI=1S/C13H15NO5/c1-6-10(8(3)15)7(2)14-11(6)13(17)19-9-4-5-18-12(9)16/h9,14H,4-5H2,1-3H3/t9-/m1/s1. The number of carbonyl (C=O) groups is 3. The third kappa shape index (κ3) is 2.38. The normalized spacial score (nSPS) is 18.3. The summed E-state index contributed by atoms with van der Waals surface area (Å²) in [6.45, 7) is 5.08. The Morgan fingerprint density at radius 2 is 2.05 bits per heavy atom. The van der Waals surface area contributed by atoms with Crippen molar-refractivity contribution in [1.29, 1.82) is 0 Å². The summed E-state index contributed by atoms with van der Waals surface area (Å²) in [6, 6.07) is 0. The van der Waals surface area contributed by atoms with E-state index < -0.39 is 18.0 Å². The zero-order valence-corrected chi connectivity index (χ0v) is 11.0. The van der Waals surface area contributed by atoms with Crippen LogP contribution in [0.15, 0.2) is 0 Å². The number of esters is 2. The monoisotopic (exact) mass is 265 g/mol. The number of hydrogen-bond donors (Lipinski definition) is 1. The van der Waals surface area contributed by atoms with Crippen LogP contribution in [0.2, 0.25) is 0 Å². The second-order valence-electron chi connectivity index (χ2n) is 4.53. The number of aryl methyl sites for hydroxylation is 1. The van der Waals surface area contributed by atoms with Crippen molar-refractivity contribution < 1.29 is 23.9 Å². The zero-order chi connectivity index (χ0) is 14.2. The number of nitrogens with one attached hydrogen (secondary N) is 1. The minimum atomic E-state index is -0.851.